The van der Waals surface area contributed by atoms with Crippen LogP contribution < -0.4 is 10.1 Å². The zero-order valence-corrected chi connectivity index (χ0v) is 12.3. The number of aliphatic hydroxyl groups is 1. The number of nitrogens with zero attached hydrogens (tertiary/aromatic N) is 1. The van der Waals surface area contributed by atoms with Crippen LogP contribution in [0.4, 0.5) is 5.82 Å². The predicted molar refractivity (Wildman–Crippen MR) is 82.2 cm³/mol. The second-order valence-electron chi connectivity index (χ2n) is 5.38. The lowest BCUT2D eigenvalue weighted by atomic mass is 10.1. The van der Waals surface area contributed by atoms with Crippen LogP contribution in [0, 0.1) is 5.92 Å². The second-order valence-corrected chi connectivity index (χ2v) is 5.38. The quantitative estimate of drug-likeness (QED) is 0.850. The Balaban J connectivity index is 2.18. The van der Waals surface area contributed by atoms with E-state index in [1.54, 1.807) is 13.3 Å². The summed E-state index contributed by atoms with van der Waals surface area (Å²) >= 11 is 0. The van der Waals surface area contributed by atoms with Crippen molar-refractivity contribution in [1.29, 1.82) is 0 Å². The minimum atomic E-state index is -0.363. The summed E-state index contributed by atoms with van der Waals surface area (Å²) in [5, 5.41) is 15.2. The van der Waals surface area contributed by atoms with Gasteiger partial charge < -0.3 is 15.2 Å². The molecule has 0 saturated heterocycles. The van der Waals surface area contributed by atoms with Crippen molar-refractivity contribution in [3.63, 3.8) is 0 Å². The molecule has 0 amide bonds. The molecule has 2 aromatic rings. The number of benzene rings is 1. The molecule has 0 aliphatic carbocycles. The molecule has 0 spiro atoms. The van der Waals surface area contributed by atoms with Gasteiger partial charge in [-0.1, -0.05) is 26.0 Å². The van der Waals surface area contributed by atoms with Gasteiger partial charge in [-0.3, -0.25) is 0 Å². The third-order valence-corrected chi connectivity index (χ3v) is 3.23. The molecule has 2 N–H and O–H groups in total. The molecule has 20 heavy (non-hydrogen) atoms. The summed E-state index contributed by atoms with van der Waals surface area (Å²) in [6, 6.07) is 7.81. The van der Waals surface area contributed by atoms with Crippen molar-refractivity contribution in [1.82, 2.24) is 4.98 Å². The highest BCUT2D eigenvalue weighted by Gasteiger charge is 2.09. The van der Waals surface area contributed by atoms with Gasteiger partial charge in [-0.25, -0.2) is 4.98 Å². The van der Waals surface area contributed by atoms with E-state index >= 15 is 0 Å². The first-order valence-electron chi connectivity index (χ1n) is 6.95. The van der Waals surface area contributed by atoms with E-state index in [-0.39, 0.29) is 6.10 Å². The van der Waals surface area contributed by atoms with Gasteiger partial charge in [-0.15, -0.1) is 0 Å². The summed E-state index contributed by atoms with van der Waals surface area (Å²) in [5.74, 6) is 2.09. The van der Waals surface area contributed by atoms with Gasteiger partial charge in [-0.2, -0.15) is 0 Å². The van der Waals surface area contributed by atoms with Crippen LogP contribution in [0.3, 0.4) is 0 Å². The number of aliphatic hydroxyl groups excluding tert-OH is 1. The molecule has 0 radical (unpaired) electrons. The molecule has 4 heteroatoms. The Bertz CT molecular complexity index is 569. The first kappa shape index (κ1) is 14.6. The molecule has 0 saturated carbocycles. The number of rotatable bonds is 6. The summed E-state index contributed by atoms with van der Waals surface area (Å²) in [7, 11) is 1.66. The van der Waals surface area contributed by atoms with E-state index in [4.69, 9.17) is 4.74 Å². The van der Waals surface area contributed by atoms with Gasteiger partial charge in [0, 0.05) is 23.5 Å². The number of fused-ring (bicyclic) bond motifs is 1. The van der Waals surface area contributed by atoms with Crippen molar-refractivity contribution in [2.75, 3.05) is 19.0 Å². The van der Waals surface area contributed by atoms with E-state index < -0.39 is 0 Å². The van der Waals surface area contributed by atoms with Crippen molar-refractivity contribution < 1.29 is 9.84 Å². The summed E-state index contributed by atoms with van der Waals surface area (Å²) in [5.41, 5.74) is 0. The third-order valence-electron chi connectivity index (χ3n) is 3.23. The highest BCUT2D eigenvalue weighted by Crippen LogP contribution is 2.28. The summed E-state index contributed by atoms with van der Waals surface area (Å²) in [4.78, 5) is 4.36. The van der Waals surface area contributed by atoms with Crippen LogP contribution in [0.25, 0.3) is 10.8 Å². The molecule has 108 valence electrons. The van der Waals surface area contributed by atoms with E-state index in [1.807, 2.05) is 24.3 Å². The lowest BCUT2D eigenvalue weighted by Gasteiger charge is -2.15. The topological polar surface area (TPSA) is 54.4 Å². The van der Waals surface area contributed by atoms with Crippen molar-refractivity contribution in [2.45, 2.75) is 26.4 Å². The summed E-state index contributed by atoms with van der Waals surface area (Å²) in [6.07, 6.45) is 2.17. The Hall–Kier alpha value is -1.81. The Morgan fingerprint density at radius 3 is 2.75 bits per heavy atom. The number of ether oxygens (including phenoxy) is 1. The molecule has 1 heterocycles. The average molecular weight is 274 g/mol. The number of methoxy groups -OCH3 is 1. The molecule has 1 unspecified atom stereocenters. The molecule has 1 atom stereocenters. The van der Waals surface area contributed by atoms with Crippen molar-refractivity contribution in [2.24, 2.45) is 5.92 Å². The summed E-state index contributed by atoms with van der Waals surface area (Å²) < 4.78 is 5.36. The largest absolute Gasteiger partial charge is 0.496 e. The minimum Gasteiger partial charge on any atom is -0.496 e. The molecular weight excluding hydrogens is 252 g/mol. The lowest BCUT2D eigenvalue weighted by Crippen LogP contribution is -2.21. The number of hydrogen-bond donors (Lipinski definition) is 2. The van der Waals surface area contributed by atoms with Crippen LogP contribution in [0.1, 0.15) is 20.3 Å². The third kappa shape index (κ3) is 3.39. The summed E-state index contributed by atoms with van der Waals surface area (Å²) in [6.45, 7) is 4.70. The minimum absolute atomic E-state index is 0.363. The average Bonchev–Trinajstić information content (AvgIpc) is 2.43. The van der Waals surface area contributed by atoms with Gasteiger partial charge in [0.1, 0.15) is 11.6 Å². The number of anilines is 1. The molecule has 1 aromatic heterocycles. The highest BCUT2D eigenvalue weighted by molar-refractivity contribution is 5.95. The molecule has 0 aliphatic rings. The fraction of sp³-hybridized carbons (Fsp3) is 0.438. The van der Waals surface area contributed by atoms with E-state index in [1.165, 1.54) is 0 Å². The van der Waals surface area contributed by atoms with Crippen LogP contribution in [-0.4, -0.2) is 29.8 Å². The maximum Gasteiger partial charge on any atom is 0.134 e. The zero-order chi connectivity index (χ0) is 14.5. The number of aromatic nitrogens is 1. The SMILES string of the molecule is COc1cccc2c(NCC(O)CC(C)C)nccc12. The Morgan fingerprint density at radius 2 is 2.05 bits per heavy atom. The van der Waals surface area contributed by atoms with Crippen molar-refractivity contribution in [3.05, 3.63) is 30.5 Å². The maximum absolute atomic E-state index is 9.94. The Labute approximate surface area is 119 Å². The molecule has 0 bridgehead atoms. The van der Waals surface area contributed by atoms with Gasteiger partial charge in [0.15, 0.2) is 0 Å². The van der Waals surface area contributed by atoms with Gasteiger partial charge >= 0.3 is 0 Å². The molecule has 1 aromatic carbocycles. The highest BCUT2D eigenvalue weighted by atomic mass is 16.5. The molecule has 0 aliphatic heterocycles. The normalized spacial score (nSPS) is 12.7. The second kappa shape index (κ2) is 6.57. The predicted octanol–water partition coefficient (Wildman–Crippen LogP) is 3.06. The van der Waals surface area contributed by atoms with E-state index in [9.17, 15) is 5.11 Å². The molecular formula is C16H22N2O2. The van der Waals surface area contributed by atoms with Crippen LogP contribution in [0.15, 0.2) is 30.5 Å². The van der Waals surface area contributed by atoms with Crippen LogP contribution in [0.5, 0.6) is 5.75 Å². The zero-order valence-electron chi connectivity index (χ0n) is 12.3. The fourth-order valence-electron chi connectivity index (χ4n) is 2.34. The fourth-order valence-corrected chi connectivity index (χ4v) is 2.34. The van der Waals surface area contributed by atoms with E-state index in [2.05, 4.69) is 24.1 Å². The van der Waals surface area contributed by atoms with E-state index in [0.29, 0.717) is 12.5 Å². The van der Waals surface area contributed by atoms with Gasteiger partial charge in [0.2, 0.25) is 0 Å². The Morgan fingerprint density at radius 1 is 1.25 bits per heavy atom. The Kier molecular flexibility index (Phi) is 4.79. The van der Waals surface area contributed by atoms with Crippen molar-refractivity contribution in [3.8, 4) is 5.75 Å². The van der Waals surface area contributed by atoms with Gasteiger partial charge in [0.05, 0.1) is 13.2 Å². The first-order chi connectivity index (χ1) is 9.61. The maximum atomic E-state index is 9.94. The van der Waals surface area contributed by atoms with Gasteiger partial charge in [-0.05, 0) is 24.5 Å². The molecule has 4 nitrogen and oxygen atoms in total. The van der Waals surface area contributed by atoms with Crippen molar-refractivity contribution >= 4 is 16.6 Å². The van der Waals surface area contributed by atoms with Crippen LogP contribution >= 0.6 is 0 Å². The standard InChI is InChI=1S/C16H22N2O2/c1-11(2)9-12(19)10-18-16-14-5-4-6-15(20-3)13(14)7-8-17-16/h4-8,11-12,19H,9-10H2,1-3H3,(H,17,18). The van der Waals surface area contributed by atoms with E-state index in [0.717, 1.165) is 28.8 Å². The smallest absolute Gasteiger partial charge is 0.134 e. The first-order valence-corrected chi connectivity index (χ1v) is 6.95. The van der Waals surface area contributed by atoms with Crippen LogP contribution in [0.2, 0.25) is 0 Å². The molecule has 2 rings (SSSR count). The van der Waals surface area contributed by atoms with Crippen LogP contribution in [-0.2, 0) is 0 Å². The number of pyridine rings is 1. The number of hydrogen-bond acceptors (Lipinski definition) is 4. The lowest BCUT2D eigenvalue weighted by molar-refractivity contribution is 0.161. The molecule has 0 fully saturated rings. The van der Waals surface area contributed by atoms with Gasteiger partial charge in [0.25, 0.3) is 0 Å². The number of nitrogens with one attached hydrogen (secondary N) is 1. The monoisotopic (exact) mass is 274 g/mol.